The molecule has 1 aromatic heterocycles. The van der Waals surface area contributed by atoms with Crippen LogP contribution in [-0.2, 0) is 11.3 Å². The lowest BCUT2D eigenvalue weighted by molar-refractivity contribution is -0.123. The molecule has 0 amide bonds. The first kappa shape index (κ1) is 22.0. The van der Waals surface area contributed by atoms with Gasteiger partial charge in [0.15, 0.2) is 5.16 Å². The minimum atomic E-state index is -0.392. The molecule has 7 heteroatoms. The number of piperazine rings is 1. The molecule has 2 heterocycles. The van der Waals surface area contributed by atoms with Crippen molar-refractivity contribution in [3.63, 3.8) is 0 Å². The summed E-state index contributed by atoms with van der Waals surface area (Å²) >= 11 is 1.38. The van der Waals surface area contributed by atoms with Crippen molar-refractivity contribution in [2.45, 2.75) is 38.9 Å². The van der Waals surface area contributed by atoms with E-state index in [9.17, 15) is 9.59 Å². The lowest BCUT2D eigenvalue weighted by Crippen LogP contribution is -2.44. The van der Waals surface area contributed by atoms with Crippen LogP contribution in [0.3, 0.4) is 0 Å². The highest BCUT2D eigenvalue weighted by Crippen LogP contribution is 2.23. The van der Waals surface area contributed by atoms with Crippen LogP contribution in [0.25, 0.3) is 10.9 Å². The molecular weight excluding hydrogens is 384 g/mol. The molecule has 2 aromatic rings. The van der Waals surface area contributed by atoms with Gasteiger partial charge in [-0.25, -0.2) is 4.98 Å². The van der Waals surface area contributed by atoms with Gasteiger partial charge in [-0.3, -0.25) is 14.2 Å². The van der Waals surface area contributed by atoms with Crippen molar-refractivity contribution in [1.29, 1.82) is 0 Å². The molecule has 1 aliphatic heterocycles. The Bertz CT molecular complexity index is 911. The number of para-hydroxylation sites is 1. The van der Waals surface area contributed by atoms with Crippen LogP contribution < -0.4 is 5.56 Å². The van der Waals surface area contributed by atoms with E-state index in [1.807, 2.05) is 45.0 Å². The number of carbonyl (C=O) groups excluding carboxylic acids is 1. The molecule has 1 aromatic carbocycles. The summed E-state index contributed by atoms with van der Waals surface area (Å²) in [4.78, 5) is 35.0. The van der Waals surface area contributed by atoms with Crippen LogP contribution in [0.5, 0.6) is 0 Å². The topological polar surface area (TPSA) is 58.4 Å². The second-order valence-corrected chi connectivity index (χ2v) is 9.77. The van der Waals surface area contributed by atoms with Crippen LogP contribution in [0.4, 0.5) is 0 Å². The Morgan fingerprint density at radius 2 is 1.79 bits per heavy atom. The van der Waals surface area contributed by atoms with Crippen molar-refractivity contribution in [3.05, 3.63) is 34.6 Å². The van der Waals surface area contributed by atoms with Crippen molar-refractivity contribution in [3.8, 4) is 0 Å². The molecule has 158 valence electrons. The van der Waals surface area contributed by atoms with Crippen molar-refractivity contribution in [1.82, 2.24) is 19.4 Å². The lowest BCUT2D eigenvalue weighted by Gasteiger charge is -2.32. The maximum Gasteiger partial charge on any atom is 0.262 e. The van der Waals surface area contributed by atoms with Gasteiger partial charge in [-0.05, 0) is 32.1 Å². The normalized spacial score (nSPS) is 16.4. The molecule has 0 unspecified atom stereocenters. The minimum absolute atomic E-state index is 0.0142. The van der Waals surface area contributed by atoms with Gasteiger partial charge >= 0.3 is 0 Å². The molecule has 3 rings (SSSR count). The molecule has 0 spiro atoms. The Balaban J connectivity index is 1.77. The number of nitrogens with zero attached hydrogens (tertiary/aromatic N) is 4. The summed E-state index contributed by atoms with van der Waals surface area (Å²) in [5.74, 6) is 0.487. The predicted octanol–water partition coefficient (Wildman–Crippen LogP) is 2.74. The second kappa shape index (κ2) is 9.41. The molecule has 0 bridgehead atoms. The Morgan fingerprint density at radius 1 is 1.10 bits per heavy atom. The number of hydrogen-bond acceptors (Lipinski definition) is 6. The van der Waals surface area contributed by atoms with Gasteiger partial charge in [0.05, 0.1) is 16.7 Å². The highest BCUT2D eigenvalue weighted by Gasteiger charge is 2.22. The fourth-order valence-corrected chi connectivity index (χ4v) is 4.51. The molecule has 1 aliphatic rings. The van der Waals surface area contributed by atoms with Crippen molar-refractivity contribution in [2.75, 3.05) is 45.5 Å². The van der Waals surface area contributed by atoms with Crippen LogP contribution in [0.1, 0.15) is 27.2 Å². The fraction of sp³-hybridized carbons (Fsp3) is 0.591. The van der Waals surface area contributed by atoms with E-state index in [2.05, 4.69) is 16.8 Å². The third-order valence-corrected chi connectivity index (χ3v) is 6.42. The lowest BCUT2D eigenvalue weighted by atomic mass is 9.92. The first-order valence-electron chi connectivity index (χ1n) is 10.3. The van der Waals surface area contributed by atoms with Gasteiger partial charge in [-0.2, -0.15) is 0 Å². The number of benzene rings is 1. The van der Waals surface area contributed by atoms with Gasteiger partial charge in [0.1, 0.15) is 5.78 Å². The van der Waals surface area contributed by atoms with E-state index in [4.69, 9.17) is 4.98 Å². The number of ketones is 1. The quantitative estimate of drug-likeness (QED) is 0.511. The van der Waals surface area contributed by atoms with E-state index in [0.29, 0.717) is 28.4 Å². The Labute approximate surface area is 177 Å². The Kier molecular flexibility index (Phi) is 7.14. The third-order valence-electron chi connectivity index (χ3n) is 5.45. The van der Waals surface area contributed by atoms with Crippen molar-refractivity contribution < 1.29 is 4.79 Å². The maximum absolute atomic E-state index is 13.1. The van der Waals surface area contributed by atoms with Crippen molar-refractivity contribution in [2.24, 2.45) is 5.41 Å². The van der Waals surface area contributed by atoms with E-state index in [0.717, 1.165) is 39.1 Å². The van der Waals surface area contributed by atoms with Crippen LogP contribution in [0.2, 0.25) is 0 Å². The monoisotopic (exact) mass is 416 g/mol. The summed E-state index contributed by atoms with van der Waals surface area (Å²) in [5, 5.41) is 1.28. The summed E-state index contributed by atoms with van der Waals surface area (Å²) in [6, 6.07) is 7.45. The molecular formula is C22H32N4O2S. The Hall–Kier alpha value is -1.70. The first-order valence-corrected chi connectivity index (χ1v) is 11.3. The summed E-state index contributed by atoms with van der Waals surface area (Å²) in [5.41, 5.74) is 0.286. The van der Waals surface area contributed by atoms with E-state index in [-0.39, 0.29) is 11.3 Å². The molecule has 1 saturated heterocycles. The molecule has 29 heavy (non-hydrogen) atoms. The van der Waals surface area contributed by atoms with Gasteiger partial charge in [-0.1, -0.05) is 44.7 Å². The molecule has 6 nitrogen and oxygen atoms in total. The van der Waals surface area contributed by atoms with Crippen molar-refractivity contribution >= 4 is 28.4 Å². The molecule has 0 radical (unpaired) electrons. The Morgan fingerprint density at radius 3 is 2.48 bits per heavy atom. The van der Waals surface area contributed by atoms with Crippen LogP contribution in [0.15, 0.2) is 34.2 Å². The number of Topliss-reactive ketones (excluding diaryl/α,β-unsaturated/α-hetero) is 1. The number of fused-ring (bicyclic) bond motifs is 1. The maximum atomic E-state index is 13.1. The van der Waals surface area contributed by atoms with Gasteiger partial charge in [0, 0.05) is 38.1 Å². The highest BCUT2D eigenvalue weighted by atomic mass is 32.2. The summed E-state index contributed by atoms with van der Waals surface area (Å²) in [7, 11) is 2.15. The number of aromatic nitrogens is 2. The van der Waals surface area contributed by atoms with E-state index < -0.39 is 5.41 Å². The van der Waals surface area contributed by atoms with E-state index in [1.54, 1.807) is 4.57 Å². The summed E-state index contributed by atoms with van der Waals surface area (Å²) in [6.45, 7) is 11.7. The predicted molar refractivity (Wildman–Crippen MR) is 120 cm³/mol. The van der Waals surface area contributed by atoms with E-state index >= 15 is 0 Å². The SMILES string of the molecule is CN1CCN(CCCn2c(SCC(=O)C(C)(C)C)nc3ccccc3c2=O)CC1. The summed E-state index contributed by atoms with van der Waals surface area (Å²) in [6.07, 6.45) is 0.893. The zero-order valence-electron chi connectivity index (χ0n) is 18.0. The molecule has 0 atom stereocenters. The number of likely N-dealkylation sites (N-methyl/N-ethyl adjacent to an activating group) is 1. The molecule has 0 aliphatic carbocycles. The second-order valence-electron chi connectivity index (χ2n) is 8.83. The van der Waals surface area contributed by atoms with Gasteiger partial charge < -0.3 is 9.80 Å². The fourth-order valence-electron chi connectivity index (χ4n) is 3.33. The number of hydrogen-bond donors (Lipinski definition) is 0. The zero-order chi connectivity index (χ0) is 21.0. The molecule has 1 fully saturated rings. The van der Waals surface area contributed by atoms with Crippen LogP contribution in [-0.4, -0.2) is 70.7 Å². The smallest absolute Gasteiger partial charge is 0.262 e. The first-order chi connectivity index (χ1) is 13.8. The summed E-state index contributed by atoms with van der Waals surface area (Å²) < 4.78 is 1.76. The van der Waals surface area contributed by atoms with E-state index in [1.165, 1.54) is 11.8 Å². The number of rotatable bonds is 7. The van der Waals surface area contributed by atoms with Gasteiger partial charge in [0.2, 0.25) is 0 Å². The number of thioether (sulfide) groups is 1. The number of carbonyl (C=O) groups is 1. The minimum Gasteiger partial charge on any atom is -0.304 e. The zero-order valence-corrected chi connectivity index (χ0v) is 18.8. The highest BCUT2D eigenvalue weighted by molar-refractivity contribution is 7.99. The average Bonchev–Trinajstić information content (AvgIpc) is 2.68. The molecule has 0 saturated carbocycles. The third kappa shape index (κ3) is 5.68. The van der Waals surface area contributed by atoms with Gasteiger partial charge in [0.25, 0.3) is 5.56 Å². The molecule has 0 N–H and O–H groups in total. The van der Waals surface area contributed by atoms with Gasteiger partial charge in [-0.15, -0.1) is 0 Å². The average molecular weight is 417 g/mol. The van der Waals surface area contributed by atoms with Crippen LogP contribution in [0, 0.1) is 5.41 Å². The van der Waals surface area contributed by atoms with Crippen LogP contribution >= 0.6 is 11.8 Å². The largest absolute Gasteiger partial charge is 0.304 e. The standard InChI is InChI=1S/C22H32N4O2S/c1-22(2,3)19(27)16-29-21-23-18-9-6-5-8-17(18)20(28)26(21)11-7-10-25-14-12-24(4)13-15-25/h5-6,8-9H,7,10-16H2,1-4H3.